The van der Waals surface area contributed by atoms with Crippen LogP contribution in [0.1, 0.15) is 27.7 Å². The van der Waals surface area contributed by atoms with Gasteiger partial charge in [0.1, 0.15) is 5.75 Å². The number of anilines is 1. The second-order valence-corrected chi connectivity index (χ2v) is 5.55. The van der Waals surface area contributed by atoms with E-state index < -0.39 is 0 Å². The first-order valence-corrected chi connectivity index (χ1v) is 7.40. The zero-order valence-corrected chi connectivity index (χ0v) is 13.8. The quantitative estimate of drug-likeness (QED) is 0.599. The third-order valence-electron chi connectivity index (χ3n) is 3.31. The number of ether oxygens (including phenoxy) is 1. The molecule has 118 valence electrons. The Bertz CT molecular complexity index is 449. The first-order chi connectivity index (χ1) is 9.93. The fourth-order valence-electron chi connectivity index (χ4n) is 2.29. The van der Waals surface area contributed by atoms with E-state index in [1.807, 2.05) is 24.3 Å². The molecule has 0 bridgehead atoms. The number of nitrogens with one attached hydrogen (secondary N) is 1. The fraction of sp³-hybridized carbons (Fsp3) is 0.562. The van der Waals surface area contributed by atoms with Crippen molar-refractivity contribution in [1.82, 2.24) is 4.90 Å². The number of hydrogen-bond acceptors (Lipinski definition) is 3. The monoisotopic (exact) mass is 292 g/mol. The minimum Gasteiger partial charge on any atom is -0.497 e. The molecule has 5 heteroatoms. The lowest BCUT2D eigenvalue weighted by Gasteiger charge is -2.29. The molecule has 0 amide bonds. The highest BCUT2D eigenvalue weighted by molar-refractivity contribution is 5.92. The third kappa shape index (κ3) is 6.04. The van der Waals surface area contributed by atoms with Gasteiger partial charge >= 0.3 is 0 Å². The van der Waals surface area contributed by atoms with Crippen molar-refractivity contribution in [3.63, 3.8) is 0 Å². The molecule has 0 saturated carbocycles. The summed E-state index contributed by atoms with van der Waals surface area (Å²) < 4.78 is 5.17. The number of nitrogens with two attached hydrogens (primary N) is 1. The molecule has 0 aromatic heterocycles. The van der Waals surface area contributed by atoms with Crippen molar-refractivity contribution >= 4 is 11.6 Å². The fourth-order valence-corrected chi connectivity index (χ4v) is 2.29. The molecule has 0 saturated heterocycles. The molecule has 0 spiro atoms. The number of guanidine groups is 1. The summed E-state index contributed by atoms with van der Waals surface area (Å²) in [6.45, 7) is 10.4. The van der Waals surface area contributed by atoms with Gasteiger partial charge in [-0.25, -0.2) is 0 Å². The van der Waals surface area contributed by atoms with Gasteiger partial charge in [0.15, 0.2) is 5.96 Å². The van der Waals surface area contributed by atoms with E-state index in [1.54, 1.807) is 7.11 Å². The summed E-state index contributed by atoms with van der Waals surface area (Å²) in [4.78, 5) is 6.77. The molecule has 0 unspecified atom stereocenters. The van der Waals surface area contributed by atoms with Crippen LogP contribution >= 0.6 is 0 Å². The predicted octanol–water partition coefficient (Wildman–Crippen LogP) is 2.54. The highest BCUT2D eigenvalue weighted by atomic mass is 16.5. The van der Waals surface area contributed by atoms with Gasteiger partial charge in [0, 0.05) is 30.4 Å². The SMILES string of the molecule is COc1cccc(NC(N)=NCCN(C(C)C)C(C)C)c1. The summed E-state index contributed by atoms with van der Waals surface area (Å²) in [6.07, 6.45) is 0. The highest BCUT2D eigenvalue weighted by Crippen LogP contribution is 2.16. The van der Waals surface area contributed by atoms with E-state index >= 15 is 0 Å². The molecule has 0 heterocycles. The summed E-state index contributed by atoms with van der Waals surface area (Å²) in [7, 11) is 1.64. The number of rotatable bonds is 7. The molecule has 1 rings (SSSR count). The van der Waals surface area contributed by atoms with Gasteiger partial charge in [-0.2, -0.15) is 0 Å². The maximum atomic E-state index is 5.92. The van der Waals surface area contributed by atoms with Gasteiger partial charge in [0.05, 0.1) is 13.7 Å². The first kappa shape index (κ1) is 17.3. The van der Waals surface area contributed by atoms with Crippen molar-refractivity contribution < 1.29 is 4.74 Å². The Balaban J connectivity index is 2.52. The summed E-state index contributed by atoms with van der Waals surface area (Å²) in [6, 6.07) is 8.63. The molecule has 21 heavy (non-hydrogen) atoms. The Kier molecular flexibility index (Phi) is 7.02. The van der Waals surface area contributed by atoms with Gasteiger partial charge in [-0.3, -0.25) is 9.89 Å². The van der Waals surface area contributed by atoms with Crippen LogP contribution in [0.5, 0.6) is 5.75 Å². The molecule has 0 radical (unpaired) electrons. The van der Waals surface area contributed by atoms with Gasteiger partial charge < -0.3 is 15.8 Å². The molecular weight excluding hydrogens is 264 g/mol. The van der Waals surface area contributed by atoms with E-state index in [9.17, 15) is 0 Å². The second kappa shape index (κ2) is 8.52. The third-order valence-corrected chi connectivity index (χ3v) is 3.31. The van der Waals surface area contributed by atoms with Gasteiger partial charge in [0.2, 0.25) is 0 Å². The van der Waals surface area contributed by atoms with Crippen LogP contribution in [0.2, 0.25) is 0 Å². The van der Waals surface area contributed by atoms with Gasteiger partial charge in [-0.15, -0.1) is 0 Å². The molecule has 1 aromatic carbocycles. The van der Waals surface area contributed by atoms with E-state index in [0.717, 1.165) is 18.0 Å². The zero-order valence-electron chi connectivity index (χ0n) is 13.8. The summed E-state index contributed by atoms with van der Waals surface area (Å²) in [5.74, 6) is 1.22. The Labute approximate surface area is 128 Å². The lowest BCUT2D eigenvalue weighted by atomic mass is 10.2. The average Bonchev–Trinajstić information content (AvgIpc) is 2.42. The van der Waals surface area contributed by atoms with E-state index in [-0.39, 0.29) is 0 Å². The van der Waals surface area contributed by atoms with Crippen molar-refractivity contribution in [1.29, 1.82) is 0 Å². The van der Waals surface area contributed by atoms with Crippen LogP contribution < -0.4 is 15.8 Å². The summed E-state index contributed by atoms with van der Waals surface area (Å²) in [5.41, 5.74) is 6.79. The lowest BCUT2D eigenvalue weighted by Crippen LogP contribution is -2.39. The smallest absolute Gasteiger partial charge is 0.193 e. The van der Waals surface area contributed by atoms with E-state index in [2.05, 4.69) is 42.9 Å². The van der Waals surface area contributed by atoms with E-state index in [0.29, 0.717) is 24.6 Å². The van der Waals surface area contributed by atoms with Crippen LogP contribution in [-0.4, -0.2) is 43.1 Å². The van der Waals surface area contributed by atoms with Crippen LogP contribution in [-0.2, 0) is 0 Å². The normalized spacial score (nSPS) is 12.3. The molecule has 0 atom stereocenters. The largest absolute Gasteiger partial charge is 0.497 e. The van der Waals surface area contributed by atoms with Crippen LogP contribution in [0.4, 0.5) is 5.69 Å². The Hall–Kier alpha value is -1.75. The number of benzene rings is 1. The van der Waals surface area contributed by atoms with Crippen molar-refractivity contribution in [2.24, 2.45) is 10.7 Å². The van der Waals surface area contributed by atoms with Gasteiger partial charge in [0.25, 0.3) is 0 Å². The van der Waals surface area contributed by atoms with Crippen molar-refractivity contribution in [3.8, 4) is 5.75 Å². The molecular formula is C16H28N4O. The van der Waals surface area contributed by atoms with Crippen LogP contribution in [0, 0.1) is 0 Å². The lowest BCUT2D eigenvalue weighted by molar-refractivity contribution is 0.181. The van der Waals surface area contributed by atoms with Crippen molar-refractivity contribution in [2.45, 2.75) is 39.8 Å². The molecule has 0 fully saturated rings. The Morgan fingerprint density at radius 2 is 1.95 bits per heavy atom. The number of hydrogen-bond donors (Lipinski definition) is 2. The van der Waals surface area contributed by atoms with Crippen LogP contribution in [0.25, 0.3) is 0 Å². The molecule has 0 aliphatic heterocycles. The van der Waals surface area contributed by atoms with Crippen LogP contribution in [0.15, 0.2) is 29.3 Å². The van der Waals surface area contributed by atoms with Crippen molar-refractivity contribution in [2.75, 3.05) is 25.5 Å². The minimum atomic E-state index is 0.427. The van der Waals surface area contributed by atoms with Crippen molar-refractivity contribution in [3.05, 3.63) is 24.3 Å². The first-order valence-electron chi connectivity index (χ1n) is 7.40. The summed E-state index contributed by atoms with van der Waals surface area (Å²) >= 11 is 0. The standard InChI is InChI=1S/C16H28N4O/c1-12(2)20(13(3)4)10-9-18-16(17)19-14-7-6-8-15(11-14)21-5/h6-8,11-13H,9-10H2,1-5H3,(H3,17,18,19). The number of methoxy groups -OCH3 is 1. The topological polar surface area (TPSA) is 62.9 Å². The Morgan fingerprint density at radius 1 is 1.29 bits per heavy atom. The molecule has 5 nitrogen and oxygen atoms in total. The molecule has 0 aliphatic rings. The van der Waals surface area contributed by atoms with Crippen LogP contribution in [0.3, 0.4) is 0 Å². The van der Waals surface area contributed by atoms with Gasteiger partial charge in [-0.1, -0.05) is 6.07 Å². The minimum absolute atomic E-state index is 0.427. The predicted molar refractivity (Wildman–Crippen MR) is 90.1 cm³/mol. The second-order valence-electron chi connectivity index (χ2n) is 5.55. The highest BCUT2D eigenvalue weighted by Gasteiger charge is 2.12. The Morgan fingerprint density at radius 3 is 2.52 bits per heavy atom. The maximum Gasteiger partial charge on any atom is 0.193 e. The van der Waals surface area contributed by atoms with E-state index in [4.69, 9.17) is 10.5 Å². The molecule has 3 N–H and O–H groups in total. The average molecular weight is 292 g/mol. The van der Waals surface area contributed by atoms with E-state index in [1.165, 1.54) is 0 Å². The number of aliphatic imine (C=N–C) groups is 1. The zero-order chi connectivity index (χ0) is 15.8. The molecule has 1 aromatic rings. The maximum absolute atomic E-state index is 5.92. The summed E-state index contributed by atoms with van der Waals surface area (Å²) in [5, 5.41) is 3.08. The molecule has 0 aliphatic carbocycles. The number of nitrogens with zero attached hydrogens (tertiary/aromatic N) is 2. The van der Waals surface area contributed by atoms with Gasteiger partial charge in [-0.05, 0) is 39.8 Å².